The van der Waals surface area contributed by atoms with Gasteiger partial charge in [0.1, 0.15) is 11.6 Å². The predicted molar refractivity (Wildman–Crippen MR) is 79.1 cm³/mol. The molecule has 116 valence electrons. The lowest BCUT2D eigenvalue weighted by atomic mass is 10.2. The maximum Gasteiger partial charge on any atom is 0.291 e. The van der Waals surface area contributed by atoms with Crippen LogP contribution in [0.4, 0.5) is 4.39 Å². The van der Waals surface area contributed by atoms with Gasteiger partial charge in [0, 0.05) is 12.6 Å². The second kappa shape index (κ2) is 5.84. The second-order valence-electron chi connectivity index (χ2n) is 5.58. The van der Waals surface area contributed by atoms with Gasteiger partial charge in [0.05, 0.1) is 5.69 Å². The molecular formula is C15H18FN5O. The van der Waals surface area contributed by atoms with E-state index in [2.05, 4.69) is 15.4 Å². The smallest absolute Gasteiger partial charge is 0.291 e. The number of nitrogens with two attached hydrogens (primary N) is 1. The van der Waals surface area contributed by atoms with Gasteiger partial charge in [-0.3, -0.25) is 4.79 Å². The molecule has 1 fully saturated rings. The Kier molecular flexibility index (Phi) is 3.89. The number of aromatic nitrogens is 3. The summed E-state index contributed by atoms with van der Waals surface area (Å²) in [5.74, 6) is 0.494. The molecule has 22 heavy (non-hydrogen) atoms. The summed E-state index contributed by atoms with van der Waals surface area (Å²) in [6.07, 6.45) is 2.27. The zero-order chi connectivity index (χ0) is 15.7. The lowest BCUT2D eigenvalue weighted by Gasteiger charge is -2.09. The molecule has 2 aromatic rings. The van der Waals surface area contributed by atoms with Crippen LogP contribution in [0.5, 0.6) is 0 Å². The van der Waals surface area contributed by atoms with Crippen LogP contribution in [0.3, 0.4) is 0 Å². The van der Waals surface area contributed by atoms with E-state index in [1.54, 1.807) is 19.1 Å². The van der Waals surface area contributed by atoms with E-state index in [0.717, 1.165) is 12.8 Å². The fourth-order valence-corrected chi connectivity index (χ4v) is 2.29. The van der Waals surface area contributed by atoms with Gasteiger partial charge in [-0.15, -0.1) is 5.10 Å². The van der Waals surface area contributed by atoms with E-state index >= 15 is 0 Å². The number of benzene rings is 1. The highest BCUT2D eigenvalue weighted by molar-refractivity contribution is 5.90. The topological polar surface area (TPSA) is 85.8 Å². The summed E-state index contributed by atoms with van der Waals surface area (Å²) in [4.78, 5) is 16.2. The number of halogens is 1. The van der Waals surface area contributed by atoms with Gasteiger partial charge in [-0.1, -0.05) is 0 Å². The Bertz CT molecular complexity index is 678. The third kappa shape index (κ3) is 3.14. The third-order valence-corrected chi connectivity index (χ3v) is 3.77. The Morgan fingerprint density at radius 3 is 2.77 bits per heavy atom. The average molecular weight is 303 g/mol. The molecule has 0 spiro atoms. The first kappa shape index (κ1) is 14.6. The van der Waals surface area contributed by atoms with Crippen LogP contribution >= 0.6 is 0 Å². The molecule has 1 atom stereocenters. The number of hydrogen-bond donors (Lipinski definition) is 2. The van der Waals surface area contributed by atoms with Gasteiger partial charge in [-0.25, -0.2) is 14.1 Å². The molecule has 1 aromatic carbocycles. The molecule has 1 unspecified atom stereocenters. The monoisotopic (exact) mass is 303 g/mol. The van der Waals surface area contributed by atoms with Crippen molar-refractivity contribution in [1.29, 1.82) is 0 Å². The standard InChI is InChI=1S/C15H18FN5O/c1-9-19-14(15(22)18-8-13(17)10-2-3-10)20-21(9)12-6-4-11(16)5-7-12/h4-7,10,13H,2-3,8,17H2,1H3,(H,18,22). The van der Waals surface area contributed by atoms with Gasteiger partial charge in [-0.05, 0) is 49.9 Å². The molecule has 1 amide bonds. The van der Waals surface area contributed by atoms with Crippen molar-refractivity contribution >= 4 is 5.91 Å². The Hall–Kier alpha value is -2.28. The van der Waals surface area contributed by atoms with E-state index in [1.807, 2.05) is 0 Å². The van der Waals surface area contributed by atoms with Crippen LogP contribution in [0.15, 0.2) is 24.3 Å². The van der Waals surface area contributed by atoms with Gasteiger partial charge in [-0.2, -0.15) is 0 Å². The lowest BCUT2D eigenvalue weighted by molar-refractivity contribution is 0.0940. The van der Waals surface area contributed by atoms with Crippen LogP contribution in [0.1, 0.15) is 29.3 Å². The van der Waals surface area contributed by atoms with Gasteiger partial charge < -0.3 is 11.1 Å². The van der Waals surface area contributed by atoms with Crippen LogP contribution in [0, 0.1) is 18.7 Å². The van der Waals surface area contributed by atoms with E-state index in [9.17, 15) is 9.18 Å². The molecule has 3 N–H and O–H groups in total. The Balaban J connectivity index is 1.70. The van der Waals surface area contributed by atoms with Crippen molar-refractivity contribution in [2.45, 2.75) is 25.8 Å². The Morgan fingerprint density at radius 2 is 2.14 bits per heavy atom. The molecule has 3 rings (SSSR count). The molecule has 6 nitrogen and oxygen atoms in total. The molecular weight excluding hydrogens is 285 g/mol. The maximum atomic E-state index is 13.0. The molecule has 1 aliphatic rings. The number of amides is 1. The molecule has 0 aliphatic heterocycles. The van der Waals surface area contributed by atoms with Gasteiger partial charge >= 0.3 is 0 Å². The van der Waals surface area contributed by atoms with E-state index in [0.29, 0.717) is 24.0 Å². The summed E-state index contributed by atoms with van der Waals surface area (Å²) >= 11 is 0. The highest BCUT2D eigenvalue weighted by Gasteiger charge is 2.28. The highest BCUT2D eigenvalue weighted by Crippen LogP contribution is 2.31. The van der Waals surface area contributed by atoms with E-state index in [1.165, 1.54) is 16.8 Å². The Labute approximate surface area is 127 Å². The maximum absolute atomic E-state index is 13.0. The summed E-state index contributed by atoms with van der Waals surface area (Å²) in [6, 6.07) is 5.84. The van der Waals surface area contributed by atoms with Crippen molar-refractivity contribution in [3.05, 3.63) is 41.7 Å². The third-order valence-electron chi connectivity index (χ3n) is 3.77. The van der Waals surface area contributed by atoms with E-state index < -0.39 is 0 Å². The normalized spacial score (nSPS) is 15.6. The summed E-state index contributed by atoms with van der Waals surface area (Å²) in [5, 5.41) is 6.94. The van der Waals surface area contributed by atoms with Crippen LogP contribution in [0.2, 0.25) is 0 Å². The van der Waals surface area contributed by atoms with E-state index in [4.69, 9.17) is 5.73 Å². The molecule has 1 heterocycles. The number of carbonyl (C=O) groups is 1. The molecule has 1 aliphatic carbocycles. The minimum atomic E-state index is -0.347. The quantitative estimate of drug-likeness (QED) is 0.868. The highest BCUT2D eigenvalue weighted by atomic mass is 19.1. The minimum Gasteiger partial charge on any atom is -0.348 e. The lowest BCUT2D eigenvalue weighted by Crippen LogP contribution is -2.38. The van der Waals surface area contributed by atoms with Crippen molar-refractivity contribution in [3.63, 3.8) is 0 Å². The summed E-state index contributed by atoms with van der Waals surface area (Å²) in [5.41, 5.74) is 6.60. The molecule has 0 radical (unpaired) electrons. The molecule has 7 heteroatoms. The van der Waals surface area contributed by atoms with Crippen molar-refractivity contribution in [3.8, 4) is 5.69 Å². The predicted octanol–water partition coefficient (Wildman–Crippen LogP) is 1.18. The van der Waals surface area contributed by atoms with Crippen molar-refractivity contribution in [2.75, 3.05) is 6.54 Å². The summed E-state index contributed by atoms with van der Waals surface area (Å²) in [6.45, 7) is 2.16. The molecule has 0 saturated heterocycles. The van der Waals surface area contributed by atoms with Crippen molar-refractivity contribution in [1.82, 2.24) is 20.1 Å². The van der Waals surface area contributed by atoms with Crippen molar-refractivity contribution < 1.29 is 9.18 Å². The van der Waals surface area contributed by atoms with Gasteiger partial charge in [0.2, 0.25) is 5.82 Å². The van der Waals surface area contributed by atoms with Crippen LogP contribution < -0.4 is 11.1 Å². The SMILES string of the molecule is Cc1nc(C(=O)NCC(N)C2CC2)nn1-c1ccc(F)cc1. The zero-order valence-electron chi connectivity index (χ0n) is 12.3. The average Bonchev–Trinajstić information content (AvgIpc) is 3.28. The van der Waals surface area contributed by atoms with E-state index in [-0.39, 0.29) is 23.6 Å². The first-order valence-electron chi connectivity index (χ1n) is 7.28. The minimum absolute atomic E-state index is 0.00997. The second-order valence-corrected chi connectivity index (χ2v) is 5.58. The number of aryl methyl sites for hydroxylation is 1. The van der Waals surface area contributed by atoms with Gasteiger partial charge in [0.25, 0.3) is 5.91 Å². The van der Waals surface area contributed by atoms with Crippen LogP contribution in [-0.4, -0.2) is 33.3 Å². The molecule has 1 aromatic heterocycles. The number of nitrogens with one attached hydrogen (secondary N) is 1. The fraction of sp³-hybridized carbons (Fsp3) is 0.400. The summed E-state index contributed by atoms with van der Waals surface area (Å²) < 4.78 is 14.5. The fourth-order valence-electron chi connectivity index (χ4n) is 2.29. The van der Waals surface area contributed by atoms with Crippen LogP contribution in [-0.2, 0) is 0 Å². The Morgan fingerprint density at radius 1 is 1.45 bits per heavy atom. The summed E-state index contributed by atoms with van der Waals surface area (Å²) in [7, 11) is 0. The molecule has 1 saturated carbocycles. The zero-order valence-corrected chi connectivity index (χ0v) is 12.3. The first-order valence-corrected chi connectivity index (χ1v) is 7.28. The number of nitrogens with zero attached hydrogens (tertiary/aromatic N) is 3. The van der Waals surface area contributed by atoms with Crippen molar-refractivity contribution in [2.24, 2.45) is 11.7 Å². The largest absolute Gasteiger partial charge is 0.348 e. The first-order chi connectivity index (χ1) is 10.5. The number of carbonyl (C=O) groups excluding carboxylic acids is 1. The number of hydrogen-bond acceptors (Lipinski definition) is 4. The van der Waals surface area contributed by atoms with Gasteiger partial charge in [0.15, 0.2) is 0 Å². The molecule has 0 bridgehead atoms. The number of rotatable bonds is 5. The van der Waals surface area contributed by atoms with Crippen LogP contribution in [0.25, 0.3) is 5.69 Å².